The first-order valence-electron chi connectivity index (χ1n) is 7.51. The van der Waals surface area contributed by atoms with Crippen molar-refractivity contribution in [1.29, 1.82) is 0 Å². The predicted molar refractivity (Wildman–Crippen MR) is 88.0 cm³/mol. The minimum atomic E-state index is 0.247. The van der Waals surface area contributed by atoms with E-state index in [0.717, 1.165) is 39.4 Å². The van der Waals surface area contributed by atoms with Gasteiger partial charge in [0.25, 0.3) is 5.69 Å². The quantitative estimate of drug-likeness (QED) is 0.749. The van der Waals surface area contributed by atoms with Crippen LogP contribution in [0, 0.1) is 6.92 Å². The number of aromatic amines is 1. The van der Waals surface area contributed by atoms with Crippen molar-refractivity contribution < 1.29 is 23.9 Å². The highest BCUT2D eigenvalue weighted by molar-refractivity contribution is 5.81. The van der Waals surface area contributed by atoms with Crippen LogP contribution in [-0.2, 0) is 0 Å². The molecule has 24 heavy (non-hydrogen) atoms. The third-order valence-corrected chi connectivity index (χ3v) is 4.09. The third kappa shape index (κ3) is 2.23. The topological polar surface area (TPSA) is 81.0 Å². The molecule has 1 aliphatic heterocycles. The van der Waals surface area contributed by atoms with E-state index in [9.17, 15) is 0 Å². The van der Waals surface area contributed by atoms with Gasteiger partial charge < -0.3 is 19.9 Å². The Labute approximate surface area is 138 Å². The maximum absolute atomic E-state index is 6.02. The summed E-state index contributed by atoms with van der Waals surface area (Å²) in [6.07, 6.45) is 1.66. The minimum Gasteiger partial charge on any atom is -0.495 e. The van der Waals surface area contributed by atoms with Gasteiger partial charge in [0.2, 0.25) is 6.79 Å². The summed E-state index contributed by atoms with van der Waals surface area (Å²) in [7, 11) is 1.60. The molecule has 1 aromatic heterocycles. The molecule has 1 aliphatic rings. The van der Waals surface area contributed by atoms with Crippen LogP contribution in [0.4, 0.5) is 5.69 Å². The van der Waals surface area contributed by atoms with E-state index < -0.39 is 0 Å². The summed E-state index contributed by atoms with van der Waals surface area (Å²) in [5.41, 5.74) is 11.2. The van der Waals surface area contributed by atoms with Crippen molar-refractivity contribution in [3.05, 3.63) is 42.2 Å². The second-order valence-corrected chi connectivity index (χ2v) is 5.61. The van der Waals surface area contributed by atoms with Crippen molar-refractivity contribution in [1.82, 2.24) is 0 Å². The fourth-order valence-electron chi connectivity index (χ4n) is 2.92. The molecule has 0 bridgehead atoms. The van der Waals surface area contributed by atoms with Crippen LogP contribution in [0.15, 0.2) is 41.1 Å². The summed E-state index contributed by atoms with van der Waals surface area (Å²) in [5, 5.41) is 2.94. The Hall–Kier alpha value is -3.15. The summed E-state index contributed by atoms with van der Waals surface area (Å²) in [4.78, 5) is 0. The van der Waals surface area contributed by atoms with Gasteiger partial charge in [-0.1, -0.05) is 6.07 Å². The third-order valence-electron chi connectivity index (χ3n) is 4.09. The first-order valence-corrected chi connectivity index (χ1v) is 7.51. The van der Waals surface area contributed by atoms with Gasteiger partial charge in [-0.15, -0.1) is 0 Å². The predicted octanol–water partition coefficient (Wildman–Crippen LogP) is 3.06. The SMILES string of the molecule is COc1ccc(-c2co[nH+]c2-c2cc(C)c3c(c2)OCO3)cc1N. The van der Waals surface area contributed by atoms with Crippen LogP contribution < -0.4 is 25.1 Å². The van der Waals surface area contributed by atoms with Gasteiger partial charge in [-0.25, -0.2) is 4.52 Å². The Morgan fingerprint density at radius 3 is 2.79 bits per heavy atom. The van der Waals surface area contributed by atoms with Crippen molar-refractivity contribution in [3.63, 3.8) is 0 Å². The van der Waals surface area contributed by atoms with E-state index in [-0.39, 0.29) is 6.79 Å². The summed E-state index contributed by atoms with van der Waals surface area (Å²) in [6, 6.07) is 9.61. The molecule has 0 amide bonds. The Balaban J connectivity index is 1.81. The Morgan fingerprint density at radius 1 is 1.12 bits per heavy atom. The number of ether oxygens (including phenoxy) is 3. The largest absolute Gasteiger partial charge is 0.495 e. The van der Waals surface area contributed by atoms with Crippen LogP contribution in [0.2, 0.25) is 0 Å². The zero-order valence-corrected chi connectivity index (χ0v) is 13.4. The number of aryl methyl sites for hydroxylation is 1. The summed E-state index contributed by atoms with van der Waals surface area (Å²) in [6.45, 7) is 2.23. The molecule has 2 aromatic carbocycles. The number of anilines is 1. The lowest BCUT2D eigenvalue weighted by molar-refractivity contribution is -0.599. The molecule has 4 rings (SSSR count). The zero-order chi connectivity index (χ0) is 16.7. The molecule has 3 N–H and O–H groups in total. The van der Waals surface area contributed by atoms with Gasteiger partial charge in [0.05, 0.1) is 18.4 Å². The molecule has 6 heteroatoms. The van der Waals surface area contributed by atoms with Gasteiger partial charge >= 0.3 is 0 Å². The lowest BCUT2D eigenvalue weighted by Gasteiger charge is -2.06. The fraction of sp³-hybridized carbons (Fsp3) is 0.167. The molecule has 0 saturated heterocycles. The van der Waals surface area contributed by atoms with Crippen LogP contribution in [0.25, 0.3) is 22.4 Å². The van der Waals surface area contributed by atoms with Crippen molar-refractivity contribution in [2.24, 2.45) is 0 Å². The number of rotatable bonds is 3. The molecule has 6 nitrogen and oxygen atoms in total. The average molecular weight is 325 g/mol. The van der Waals surface area contributed by atoms with Crippen LogP contribution in [-0.4, -0.2) is 13.9 Å². The molecule has 0 saturated carbocycles. The standard InChI is InChI=1S/C18H16N2O4/c1-10-5-12(7-16-18(10)23-9-22-16)17-13(8-24-20-17)11-3-4-15(21-2)14(19)6-11/h3-8H,9,19H2,1-2H3/p+1. The second kappa shape index (κ2) is 5.49. The number of nitrogens with one attached hydrogen (secondary N) is 1. The minimum absolute atomic E-state index is 0.247. The number of H-pyrrole nitrogens is 1. The summed E-state index contributed by atoms with van der Waals surface area (Å²) >= 11 is 0. The van der Waals surface area contributed by atoms with Gasteiger partial charge in [0.1, 0.15) is 11.3 Å². The van der Waals surface area contributed by atoms with E-state index in [1.165, 1.54) is 0 Å². The number of hydrogen-bond acceptors (Lipinski definition) is 5. The second-order valence-electron chi connectivity index (χ2n) is 5.61. The number of benzene rings is 2. The molecule has 0 radical (unpaired) electrons. The first kappa shape index (κ1) is 14.4. The fourth-order valence-corrected chi connectivity index (χ4v) is 2.92. The van der Waals surface area contributed by atoms with E-state index in [1.807, 2.05) is 37.3 Å². The highest BCUT2D eigenvalue weighted by atomic mass is 16.7. The van der Waals surface area contributed by atoms with E-state index in [4.69, 9.17) is 24.5 Å². The normalized spacial score (nSPS) is 12.4. The zero-order valence-electron chi connectivity index (χ0n) is 13.4. The van der Waals surface area contributed by atoms with Crippen molar-refractivity contribution in [2.45, 2.75) is 6.92 Å². The monoisotopic (exact) mass is 325 g/mol. The number of fused-ring (bicyclic) bond motifs is 1. The van der Waals surface area contributed by atoms with Gasteiger partial charge in [0, 0.05) is 0 Å². The number of aromatic nitrogens is 1. The molecule has 0 atom stereocenters. The Bertz CT molecular complexity index is 917. The van der Waals surface area contributed by atoms with Crippen molar-refractivity contribution in [2.75, 3.05) is 19.6 Å². The lowest BCUT2D eigenvalue weighted by atomic mass is 9.99. The van der Waals surface area contributed by atoms with E-state index in [2.05, 4.69) is 5.16 Å². The van der Waals surface area contributed by atoms with Gasteiger partial charge in [-0.05, 0) is 47.5 Å². The number of methoxy groups -OCH3 is 1. The maximum Gasteiger partial charge on any atom is 0.267 e. The lowest BCUT2D eigenvalue weighted by Crippen LogP contribution is -2.01. The molecule has 122 valence electrons. The summed E-state index contributed by atoms with van der Waals surface area (Å²) < 4.78 is 21.5. The molecule has 2 heterocycles. The van der Waals surface area contributed by atoms with Crippen molar-refractivity contribution >= 4 is 5.69 Å². The molecular weight excluding hydrogens is 308 g/mol. The average Bonchev–Trinajstić information content (AvgIpc) is 3.23. The van der Waals surface area contributed by atoms with Crippen LogP contribution in [0.5, 0.6) is 17.2 Å². The molecule has 0 fully saturated rings. The first-order chi connectivity index (χ1) is 11.7. The van der Waals surface area contributed by atoms with E-state index in [0.29, 0.717) is 11.4 Å². The highest BCUT2D eigenvalue weighted by Gasteiger charge is 2.24. The molecule has 0 aliphatic carbocycles. The number of nitrogens with two attached hydrogens (primary N) is 1. The maximum atomic E-state index is 6.02. The molecule has 0 unspecified atom stereocenters. The number of nitrogen functional groups attached to an aromatic ring is 1. The van der Waals surface area contributed by atoms with Crippen molar-refractivity contribution in [3.8, 4) is 39.6 Å². The molecular formula is C18H17N2O4+. The van der Waals surface area contributed by atoms with Gasteiger partial charge in [0.15, 0.2) is 17.8 Å². The van der Waals surface area contributed by atoms with Crippen LogP contribution >= 0.6 is 0 Å². The molecule has 3 aromatic rings. The van der Waals surface area contributed by atoms with E-state index in [1.54, 1.807) is 13.4 Å². The Morgan fingerprint density at radius 2 is 2.00 bits per heavy atom. The number of hydrogen-bond donors (Lipinski definition) is 1. The summed E-state index contributed by atoms with van der Waals surface area (Å²) in [5.74, 6) is 2.17. The van der Waals surface area contributed by atoms with Crippen LogP contribution in [0.1, 0.15) is 5.56 Å². The molecule has 0 spiro atoms. The highest BCUT2D eigenvalue weighted by Crippen LogP contribution is 2.41. The smallest absolute Gasteiger partial charge is 0.267 e. The van der Waals surface area contributed by atoms with Gasteiger partial charge in [-0.3, -0.25) is 0 Å². The Kier molecular flexibility index (Phi) is 3.30. The van der Waals surface area contributed by atoms with Gasteiger partial charge in [-0.2, -0.15) is 0 Å². The van der Waals surface area contributed by atoms with E-state index >= 15 is 0 Å². The van der Waals surface area contributed by atoms with Crippen LogP contribution in [0.3, 0.4) is 0 Å².